The van der Waals surface area contributed by atoms with E-state index in [9.17, 15) is 9.59 Å². The van der Waals surface area contributed by atoms with Gasteiger partial charge in [0, 0.05) is 24.0 Å². The van der Waals surface area contributed by atoms with Crippen LogP contribution < -0.4 is 5.32 Å². The Morgan fingerprint density at radius 3 is 2.26 bits per heavy atom. The number of hydrogen-bond donors (Lipinski definition) is 1. The average Bonchev–Trinajstić information content (AvgIpc) is 3.24. The molecule has 7 heteroatoms. The van der Waals surface area contributed by atoms with Gasteiger partial charge in [-0.1, -0.05) is 48.5 Å². The number of methoxy groups -OCH3 is 1. The second kappa shape index (κ2) is 9.76. The van der Waals surface area contributed by atoms with Gasteiger partial charge < -0.3 is 14.9 Å². The van der Waals surface area contributed by atoms with Crippen LogP contribution in [0.15, 0.2) is 66.7 Å². The van der Waals surface area contributed by atoms with E-state index in [1.807, 2.05) is 54.6 Å². The number of piperidine rings is 1. The number of nitrogens with one attached hydrogen (secondary N) is 1. The van der Waals surface area contributed by atoms with E-state index in [-0.39, 0.29) is 18.0 Å². The summed E-state index contributed by atoms with van der Waals surface area (Å²) in [5.74, 6) is -0.686. The van der Waals surface area contributed by atoms with Crippen molar-refractivity contribution in [2.75, 3.05) is 25.5 Å². The molecule has 6 nitrogen and oxygen atoms in total. The maximum Gasteiger partial charge on any atom is 0.357 e. The van der Waals surface area contributed by atoms with Gasteiger partial charge >= 0.3 is 11.9 Å². The Kier molecular flexibility index (Phi) is 6.64. The zero-order valence-corrected chi connectivity index (χ0v) is 18.1. The van der Waals surface area contributed by atoms with Crippen LogP contribution in [-0.2, 0) is 9.57 Å². The molecule has 1 N–H and O–H groups in total. The maximum absolute atomic E-state index is 12.3. The molecule has 31 heavy (non-hydrogen) atoms. The Balaban J connectivity index is 1.39. The lowest BCUT2D eigenvalue weighted by Gasteiger charge is -2.31. The van der Waals surface area contributed by atoms with Gasteiger partial charge in [-0.3, -0.25) is 0 Å². The molecule has 1 aliphatic rings. The van der Waals surface area contributed by atoms with E-state index in [4.69, 9.17) is 9.57 Å². The lowest BCUT2D eigenvalue weighted by Crippen LogP contribution is -2.40. The monoisotopic (exact) mass is 436 g/mol. The van der Waals surface area contributed by atoms with Gasteiger partial charge in [0.1, 0.15) is 4.88 Å². The van der Waals surface area contributed by atoms with Crippen molar-refractivity contribution in [3.05, 3.63) is 77.2 Å². The summed E-state index contributed by atoms with van der Waals surface area (Å²) in [7, 11) is 1.40. The van der Waals surface area contributed by atoms with Gasteiger partial charge in [0.25, 0.3) is 0 Å². The minimum absolute atomic E-state index is 0.174. The van der Waals surface area contributed by atoms with E-state index in [0.29, 0.717) is 23.5 Å². The van der Waals surface area contributed by atoms with Crippen LogP contribution in [0, 0.1) is 0 Å². The number of hydroxylamine groups is 2. The van der Waals surface area contributed by atoms with Crippen LogP contribution in [0.25, 0.3) is 10.4 Å². The maximum atomic E-state index is 12.3. The number of esters is 1. The van der Waals surface area contributed by atoms with Gasteiger partial charge in [0.05, 0.1) is 18.4 Å². The number of carbonyl (C=O) groups is 2. The lowest BCUT2D eigenvalue weighted by molar-refractivity contribution is -0.120. The summed E-state index contributed by atoms with van der Waals surface area (Å²) in [4.78, 5) is 31.6. The Bertz CT molecular complexity index is 1030. The van der Waals surface area contributed by atoms with Crippen molar-refractivity contribution in [3.63, 3.8) is 0 Å². The smallest absolute Gasteiger partial charge is 0.357 e. The number of rotatable bonds is 6. The first-order valence-electron chi connectivity index (χ1n) is 10.2. The molecule has 0 amide bonds. The molecule has 2 heterocycles. The fraction of sp³-hybridized carbons (Fsp3) is 0.250. The molecular weight excluding hydrogens is 412 g/mol. The molecule has 160 valence electrons. The number of carbonyl (C=O) groups excluding carboxylic acids is 2. The van der Waals surface area contributed by atoms with Crippen LogP contribution >= 0.6 is 11.3 Å². The molecule has 3 aromatic rings. The van der Waals surface area contributed by atoms with Crippen molar-refractivity contribution in [2.24, 2.45) is 0 Å². The van der Waals surface area contributed by atoms with E-state index in [1.54, 1.807) is 17.2 Å². The van der Waals surface area contributed by atoms with Gasteiger partial charge in [0.15, 0.2) is 0 Å². The second-order valence-electron chi connectivity index (χ2n) is 7.30. The lowest BCUT2D eigenvalue weighted by atomic mass is 10.1. The van der Waals surface area contributed by atoms with Crippen LogP contribution in [0.5, 0.6) is 0 Å². The number of thiophene rings is 1. The van der Waals surface area contributed by atoms with E-state index in [2.05, 4.69) is 5.32 Å². The summed E-state index contributed by atoms with van der Waals surface area (Å²) in [6.07, 6.45) is 1.58. The summed E-state index contributed by atoms with van der Waals surface area (Å²) in [5, 5.41) is 5.21. The number of hydrogen-bond acceptors (Lipinski definition) is 7. The molecular formula is C24H24N2O4S. The van der Waals surface area contributed by atoms with E-state index in [0.717, 1.165) is 29.0 Å². The normalized spacial score (nSPS) is 14.7. The minimum Gasteiger partial charge on any atom is -0.465 e. The third-order valence-electron chi connectivity index (χ3n) is 5.20. The first-order chi connectivity index (χ1) is 15.1. The van der Waals surface area contributed by atoms with Crippen LogP contribution in [0.3, 0.4) is 0 Å². The summed E-state index contributed by atoms with van der Waals surface area (Å²) >= 11 is 1.42. The van der Waals surface area contributed by atoms with Crippen molar-refractivity contribution in [3.8, 4) is 10.4 Å². The molecule has 1 fully saturated rings. The third kappa shape index (κ3) is 5.13. The Hall–Kier alpha value is -3.16. The fourth-order valence-corrected chi connectivity index (χ4v) is 4.59. The number of nitrogens with zero attached hydrogens (tertiary/aromatic N) is 1. The Morgan fingerprint density at radius 1 is 0.968 bits per heavy atom. The second-order valence-corrected chi connectivity index (χ2v) is 8.36. The van der Waals surface area contributed by atoms with Gasteiger partial charge in [0.2, 0.25) is 0 Å². The molecule has 0 spiro atoms. The molecule has 0 unspecified atom stereocenters. The van der Waals surface area contributed by atoms with Crippen LogP contribution in [-0.4, -0.2) is 43.2 Å². The molecule has 1 saturated heterocycles. The van der Waals surface area contributed by atoms with Gasteiger partial charge in [-0.15, -0.1) is 16.4 Å². The molecule has 0 atom stereocenters. The summed E-state index contributed by atoms with van der Waals surface area (Å²) in [6, 6.07) is 21.1. The van der Waals surface area contributed by atoms with Crippen molar-refractivity contribution in [2.45, 2.75) is 18.9 Å². The number of ether oxygens (including phenoxy) is 1. The fourth-order valence-electron chi connectivity index (χ4n) is 3.54. The zero-order valence-electron chi connectivity index (χ0n) is 17.2. The molecule has 0 bridgehead atoms. The minimum atomic E-state index is -0.344. The predicted octanol–water partition coefficient (Wildman–Crippen LogP) is 4.85. The van der Waals surface area contributed by atoms with Crippen molar-refractivity contribution < 1.29 is 19.2 Å². The average molecular weight is 437 g/mol. The molecule has 2 aromatic carbocycles. The third-order valence-corrected chi connectivity index (χ3v) is 6.36. The zero-order chi connectivity index (χ0) is 21.6. The first-order valence-corrected chi connectivity index (χ1v) is 11.0. The number of anilines is 1. The standard InChI is InChI=1S/C24H24N2O4S/c1-29-24(28)22-20(16-21(31-22)17-8-4-2-5-9-17)25-19-12-14-26(15-13-19)30-23(27)18-10-6-3-7-11-18/h2-11,16,19,25H,12-15H2,1H3. The van der Waals surface area contributed by atoms with Crippen molar-refractivity contribution in [1.29, 1.82) is 0 Å². The quantitative estimate of drug-likeness (QED) is 0.557. The molecule has 0 saturated carbocycles. The Labute approximate surface area is 185 Å². The molecule has 4 rings (SSSR count). The highest BCUT2D eigenvalue weighted by molar-refractivity contribution is 7.18. The molecule has 0 radical (unpaired) electrons. The van der Waals surface area contributed by atoms with Gasteiger partial charge in [-0.2, -0.15) is 0 Å². The first kappa shape index (κ1) is 21.1. The van der Waals surface area contributed by atoms with Crippen molar-refractivity contribution >= 4 is 29.0 Å². The molecule has 0 aliphatic carbocycles. The summed E-state index contributed by atoms with van der Waals surface area (Å²) in [6.45, 7) is 1.25. The van der Waals surface area contributed by atoms with Crippen LogP contribution in [0.2, 0.25) is 0 Å². The summed E-state index contributed by atoms with van der Waals surface area (Å²) < 4.78 is 4.98. The van der Waals surface area contributed by atoms with Gasteiger partial charge in [-0.05, 0) is 36.6 Å². The van der Waals surface area contributed by atoms with Gasteiger partial charge in [-0.25, -0.2) is 9.59 Å². The van der Waals surface area contributed by atoms with Crippen molar-refractivity contribution in [1.82, 2.24) is 5.06 Å². The highest BCUT2D eigenvalue weighted by Crippen LogP contribution is 2.36. The highest BCUT2D eigenvalue weighted by Gasteiger charge is 2.25. The molecule has 1 aliphatic heterocycles. The van der Waals surface area contributed by atoms with E-state index >= 15 is 0 Å². The Morgan fingerprint density at radius 2 is 1.61 bits per heavy atom. The van der Waals surface area contributed by atoms with E-state index in [1.165, 1.54) is 18.4 Å². The van der Waals surface area contributed by atoms with Crippen LogP contribution in [0.1, 0.15) is 32.9 Å². The molecule has 1 aromatic heterocycles. The SMILES string of the molecule is COC(=O)c1sc(-c2ccccc2)cc1NC1CCN(OC(=O)c2ccccc2)CC1. The summed E-state index contributed by atoms with van der Waals surface area (Å²) in [5.41, 5.74) is 2.39. The topological polar surface area (TPSA) is 67.9 Å². The highest BCUT2D eigenvalue weighted by atomic mass is 32.1. The van der Waals surface area contributed by atoms with E-state index < -0.39 is 0 Å². The largest absolute Gasteiger partial charge is 0.465 e. The van der Waals surface area contributed by atoms with Crippen LogP contribution in [0.4, 0.5) is 5.69 Å². The predicted molar refractivity (Wildman–Crippen MR) is 121 cm³/mol. The number of benzene rings is 2.